The minimum Gasteiger partial charge on any atom is -0.325 e. The number of benzene rings is 1. The number of hydrazine groups is 1. The fourth-order valence-corrected chi connectivity index (χ4v) is 2.11. The molecular formula is C15H15N5. The van der Waals surface area contributed by atoms with Gasteiger partial charge in [-0.1, -0.05) is 36.4 Å². The highest BCUT2D eigenvalue weighted by Gasteiger charge is 2.06. The Kier molecular flexibility index (Phi) is 3.43. The predicted molar refractivity (Wildman–Crippen MR) is 78.8 cm³/mol. The Morgan fingerprint density at radius 1 is 1.05 bits per heavy atom. The van der Waals surface area contributed by atoms with E-state index in [1.807, 2.05) is 54.7 Å². The maximum Gasteiger partial charge on any atom is 0.140 e. The molecule has 5 heteroatoms. The zero-order chi connectivity index (χ0) is 13.8. The molecule has 0 unspecified atom stereocenters. The summed E-state index contributed by atoms with van der Waals surface area (Å²) < 4.78 is 2.07. The van der Waals surface area contributed by atoms with Gasteiger partial charge in [-0.15, -0.1) is 0 Å². The van der Waals surface area contributed by atoms with Gasteiger partial charge in [0.25, 0.3) is 0 Å². The van der Waals surface area contributed by atoms with Gasteiger partial charge in [-0.05, 0) is 12.1 Å². The second-order valence-electron chi connectivity index (χ2n) is 4.40. The van der Waals surface area contributed by atoms with Crippen LogP contribution < -0.4 is 11.3 Å². The Morgan fingerprint density at radius 2 is 1.90 bits per heavy atom. The fraction of sp³-hybridized carbons (Fsp3) is 0.0667. The van der Waals surface area contributed by atoms with Crippen molar-refractivity contribution in [1.82, 2.24) is 14.5 Å². The number of nitrogens with zero attached hydrogens (tertiary/aromatic N) is 3. The molecule has 0 aliphatic rings. The number of hydrogen-bond acceptors (Lipinski definition) is 4. The number of imidazole rings is 1. The summed E-state index contributed by atoms with van der Waals surface area (Å²) in [6.07, 6.45) is 3.75. The van der Waals surface area contributed by atoms with Crippen molar-refractivity contribution in [2.75, 3.05) is 5.43 Å². The highest BCUT2D eigenvalue weighted by atomic mass is 15.2. The summed E-state index contributed by atoms with van der Waals surface area (Å²) in [5.41, 5.74) is 4.57. The van der Waals surface area contributed by atoms with E-state index >= 15 is 0 Å². The lowest BCUT2D eigenvalue weighted by molar-refractivity contribution is 0.782. The van der Waals surface area contributed by atoms with Gasteiger partial charge in [-0.25, -0.2) is 15.8 Å². The largest absolute Gasteiger partial charge is 0.325 e. The summed E-state index contributed by atoms with van der Waals surface area (Å²) in [5.74, 6) is 6.97. The average molecular weight is 265 g/mol. The van der Waals surface area contributed by atoms with Crippen molar-refractivity contribution < 1.29 is 0 Å². The van der Waals surface area contributed by atoms with Crippen molar-refractivity contribution in [3.05, 3.63) is 66.6 Å². The molecule has 0 saturated carbocycles. The number of aromatic nitrogens is 3. The zero-order valence-electron chi connectivity index (χ0n) is 10.9. The van der Waals surface area contributed by atoms with Crippen LogP contribution in [-0.2, 0) is 6.54 Å². The minimum absolute atomic E-state index is 0.653. The highest BCUT2D eigenvalue weighted by molar-refractivity contribution is 5.55. The molecule has 100 valence electrons. The quantitative estimate of drug-likeness (QED) is 0.561. The molecule has 0 bridgehead atoms. The molecule has 3 aromatic rings. The summed E-state index contributed by atoms with van der Waals surface area (Å²) in [4.78, 5) is 8.84. The summed E-state index contributed by atoms with van der Waals surface area (Å²) in [6, 6.07) is 15.8. The van der Waals surface area contributed by atoms with Crippen LogP contribution in [0.1, 0.15) is 5.69 Å². The average Bonchev–Trinajstić information content (AvgIpc) is 2.96. The number of nitrogen functional groups attached to an aromatic ring is 1. The van der Waals surface area contributed by atoms with Crippen LogP contribution in [0.5, 0.6) is 0 Å². The van der Waals surface area contributed by atoms with Gasteiger partial charge in [0, 0.05) is 18.0 Å². The first-order valence-electron chi connectivity index (χ1n) is 6.36. The second kappa shape index (κ2) is 5.54. The predicted octanol–water partition coefficient (Wildman–Crippen LogP) is 2.28. The SMILES string of the molecule is NNc1cccc(Cn2ccnc2-c2ccccc2)n1. The van der Waals surface area contributed by atoms with Crippen LogP contribution in [0.3, 0.4) is 0 Å². The molecule has 1 aromatic carbocycles. The minimum atomic E-state index is 0.653. The van der Waals surface area contributed by atoms with Crippen LogP contribution in [-0.4, -0.2) is 14.5 Å². The van der Waals surface area contributed by atoms with E-state index in [4.69, 9.17) is 5.84 Å². The maximum absolute atomic E-state index is 5.38. The number of rotatable bonds is 4. The monoisotopic (exact) mass is 265 g/mol. The lowest BCUT2D eigenvalue weighted by Crippen LogP contribution is -2.10. The Bertz CT molecular complexity index is 690. The molecular weight excluding hydrogens is 250 g/mol. The van der Waals surface area contributed by atoms with Crippen LogP contribution in [0.25, 0.3) is 11.4 Å². The summed E-state index contributed by atoms with van der Waals surface area (Å²) in [6.45, 7) is 0.653. The summed E-state index contributed by atoms with van der Waals surface area (Å²) in [5, 5.41) is 0. The standard InChI is InChI=1S/C15H15N5/c16-19-14-8-4-7-13(18-14)11-20-10-9-17-15(20)12-5-2-1-3-6-12/h1-10H,11,16H2,(H,18,19). The van der Waals surface area contributed by atoms with Gasteiger partial charge < -0.3 is 9.99 Å². The molecule has 0 atom stereocenters. The molecule has 3 rings (SSSR count). The number of pyridine rings is 1. The van der Waals surface area contributed by atoms with Gasteiger partial charge in [0.05, 0.1) is 12.2 Å². The van der Waals surface area contributed by atoms with Crippen molar-refractivity contribution in [3.63, 3.8) is 0 Å². The molecule has 0 fully saturated rings. The molecule has 0 saturated heterocycles. The normalized spacial score (nSPS) is 10.4. The maximum atomic E-state index is 5.38. The Morgan fingerprint density at radius 3 is 2.70 bits per heavy atom. The Balaban J connectivity index is 1.90. The molecule has 2 aromatic heterocycles. The van der Waals surface area contributed by atoms with Crippen molar-refractivity contribution in [2.24, 2.45) is 5.84 Å². The molecule has 2 heterocycles. The highest BCUT2D eigenvalue weighted by Crippen LogP contribution is 2.18. The van der Waals surface area contributed by atoms with E-state index in [0.29, 0.717) is 12.4 Å². The van der Waals surface area contributed by atoms with Gasteiger partial charge in [0.15, 0.2) is 0 Å². The van der Waals surface area contributed by atoms with E-state index in [0.717, 1.165) is 17.1 Å². The van der Waals surface area contributed by atoms with Crippen molar-refractivity contribution in [3.8, 4) is 11.4 Å². The van der Waals surface area contributed by atoms with Gasteiger partial charge in [-0.2, -0.15) is 0 Å². The third kappa shape index (κ3) is 2.53. The van der Waals surface area contributed by atoms with E-state index in [-0.39, 0.29) is 0 Å². The number of hydrogen-bond donors (Lipinski definition) is 2. The van der Waals surface area contributed by atoms with Gasteiger partial charge >= 0.3 is 0 Å². The number of anilines is 1. The first-order chi connectivity index (χ1) is 9.86. The van der Waals surface area contributed by atoms with Crippen LogP contribution >= 0.6 is 0 Å². The van der Waals surface area contributed by atoms with Crippen molar-refractivity contribution in [1.29, 1.82) is 0 Å². The van der Waals surface area contributed by atoms with E-state index in [1.165, 1.54) is 0 Å². The van der Waals surface area contributed by atoms with E-state index < -0.39 is 0 Å². The number of nitrogens with one attached hydrogen (secondary N) is 1. The van der Waals surface area contributed by atoms with Gasteiger partial charge in [0.1, 0.15) is 11.6 Å². The molecule has 0 radical (unpaired) electrons. The van der Waals surface area contributed by atoms with E-state index in [2.05, 4.69) is 20.0 Å². The summed E-state index contributed by atoms with van der Waals surface area (Å²) in [7, 11) is 0. The Hall–Kier alpha value is -2.66. The smallest absolute Gasteiger partial charge is 0.140 e. The van der Waals surface area contributed by atoms with E-state index in [9.17, 15) is 0 Å². The topological polar surface area (TPSA) is 68.8 Å². The molecule has 0 amide bonds. The van der Waals surface area contributed by atoms with Crippen molar-refractivity contribution in [2.45, 2.75) is 6.54 Å². The van der Waals surface area contributed by atoms with Crippen LogP contribution in [0.2, 0.25) is 0 Å². The van der Waals surface area contributed by atoms with Crippen molar-refractivity contribution >= 4 is 5.82 Å². The first-order valence-corrected chi connectivity index (χ1v) is 6.36. The molecule has 0 aliphatic heterocycles. The van der Waals surface area contributed by atoms with Gasteiger partial charge in [0.2, 0.25) is 0 Å². The number of nitrogens with two attached hydrogens (primary N) is 1. The lowest BCUT2D eigenvalue weighted by Gasteiger charge is -2.08. The molecule has 5 nitrogen and oxygen atoms in total. The third-order valence-corrected chi connectivity index (χ3v) is 3.03. The van der Waals surface area contributed by atoms with Crippen LogP contribution in [0.4, 0.5) is 5.82 Å². The third-order valence-electron chi connectivity index (χ3n) is 3.03. The molecule has 3 N–H and O–H groups in total. The fourth-order valence-electron chi connectivity index (χ4n) is 2.11. The first kappa shape index (κ1) is 12.4. The Labute approximate surface area is 117 Å². The molecule has 20 heavy (non-hydrogen) atoms. The van der Waals surface area contributed by atoms with Crippen LogP contribution in [0, 0.1) is 0 Å². The zero-order valence-corrected chi connectivity index (χ0v) is 10.9. The van der Waals surface area contributed by atoms with E-state index in [1.54, 1.807) is 6.20 Å². The van der Waals surface area contributed by atoms with Crippen LogP contribution in [0.15, 0.2) is 60.9 Å². The van der Waals surface area contributed by atoms with Gasteiger partial charge in [-0.3, -0.25) is 0 Å². The molecule has 0 spiro atoms. The summed E-state index contributed by atoms with van der Waals surface area (Å²) >= 11 is 0. The molecule has 0 aliphatic carbocycles. The second-order valence-corrected chi connectivity index (χ2v) is 4.40. The lowest BCUT2D eigenvalue weighted by atomic mass is 10.2.